The quantitative estimate of drug-likeness (QED) is 0.654. The fourth-order valence-corrected chi connectivity index (χ4v) is 3.44. The largest absolute Gasteiger partial charge is 0.438 e. The first-order valence-corrected chi connectivity index (χ1v) is 10.1. The second-order valence-corrected chi connectivity index (χ2v) is 7.19. The first-order chi connectivity index (χ1) is 14.8. The Morgan fingerprint density at radius 3 is 2.63 bits per heavy atom. The summed E-state index contributed by atoms with van der Waals surface area (Å²) in [4.78, 5) is 19.3. The molecule has 1 unspecified atom stereocenters. The smallest absolute Gasteiger partial charge is 0.256 e. The highest BCUT2D eigenvalue weighted by molar-refractivity contribution is 5.96. The molecule has 0 saturated carbocycles. The molecule has 3 aromatic rings. The van der Waals surface area contributed by atoms with Crippen molar-refractivity contribution in [1.82, 2.24) is 15.2 Å². The number of hydrogen-bond donors (Lipinski definition) is 1. The molecule has 6 heteroatoms. The Morgan fingerprint density at radius 2 is 1.83 bits per heavy atom. The number of aromatic nitrogens is 1. The normalized spacial score (nSPS) is 16.7. The Morgan fingerprint density at radius 1 is 1.07 bits per heavy atom. The van der Waals surface area contributed by atoms with Crippen molar-refractivity contribution in [3.05, 3.63) is 90.1 Å². The molecule has 1 atom stereocenters. The summed E-state index contributed by atoms with van der Waals surface area (Å²) in [6, 6.07) is 23.1. The standard InChI is InChI=1S/C24H25N3O3/c28-23(22-12-7-13-25-24(22)30-20-10-5-2-6-11-20)26-16-21-18-27(14-15-29-21)17-19-8-3-1-4-9-19/h1-13,21H,14-18H2,(H,26,28). The Kier molecular flexibility index (Phi) is 6.69. The number of nitrogens with one attached hydrogen (secondary N) is 1. The summed E-state index contributed by atoms with van der Waals surface area (Å²) in [6.45, 7) is 3.63. The van der Waals surface area contributed by atoms with Crippen LogP contribution in [0.3, 0.4) is 0 Å². The summed E-state index contributed by atoms with van der Waals surface area (Å²) in [7, 11) is 0. The van der Waals surface area contributed by atoms with E-state index in [1.807, 2.05) is 36.4 Å². The van der Waals surface area contributed by atoms with Crippen molar-refractivity contribution in [2.75, 3.05) is 26.2 Å². The lowest BCUT2D eigenvalue weighted by Gasteiger charge is -2.33. The van der Waals surface area contributed by atoms with Crippen molar-refractivity contribution < 1.29 is 14.3 Å². The zero-order valence-electron chi connectivity index (χ0n) is 16.7. The second-order valence-electron chi connectivity index (χ2n) is 7.19. The summed E-state index contributed by atoms with van der Waals surface area (Å²) >= 11 is 0. The van der Waals surface area contributed by atoms with Crippen molar-refractivity contribution in [2.24, 2.45) is 0 Å². The van der Waals surface area contributed by atoms with Gasteiger partial charge in [-0.15, -0.1) is 0 Å². The molecule has 1 fully saturated rings. The minimum absolute atomic E-state index is 0.0541. The molecule has 1 amide bonds. The Bertz CT molecular complexity index is 950. The molecule has 0 aliphatic carbocycles. The van der Waals surface area contributed by atoms with Crippen LogP contribution in [-0.2, 0) is 11.3 Å². The molecule has 2 heterocycles. The zero-order chi connectivity index (χ0) is 20.6. The topological polar surface area (TPSA) is 63.7 Å². The van der Waals surface area contributed by atoms with Crippen LogP contribution >= 0.6 is 0 Å². The van der Waals surface area contributed by atoms with Gasteiger partial charge in [-0.25, -0.2) is 4.98 Å². The monoisotopic (exact) mass is 403 g/mol. The van der Waals surface area contributed by atoms with Gasteiger partial charge in [-0.2, -0.15) is 0 Å². The number of hydrogen-bond acceptors (Lipinski definition) is 5. The average Bonchev–Trinajstić information content (AvgIpc) is 2.79. The lowest BCUT2D eigenvalue weighted by Crippen LogP contribution is -2.47. The number of carbonyl (C=O) groups excluding carboxylic acids is 1. The molecule has 0 radical (unpaired) electrons. The fourth-order valence-electron chi connectivity index (χ4n) is 3.44. The van der Waals surface area contributed by atoms with Crippen molar-refractivity contribution >= 4 is 5.91 Å². The van der Waals surface area contributed by atoms with Gasteiger partial charge in [0, 0.05) is 32.4 Å². The first-order valence-electron chi connectivity index (χ1n) is 10.1. The van der Waals surface area contributed by atoms with Crippen molar-refractivity contribution in [2.45, 2.75) is 12.6 Å². The maximum Gasteiger partial charge on any atom is 0.256 e. The van der Waals surface area contributed by atoms with Gasteiger partial charge in [0.2, 0.25) is 5.88 Å². The number of rotatable bonds is 7. The fraction of sp³-hybridized carbons (Fsp3) is 0.250. The molecule has 4 rings (SSSR count). The predicted octanol–water partition coefficient (Wildman–Crippen LogP) is 3.50. The summed E-state index contributed by atoms with van der Waals surface area (Å²) < 4.78 is 11.6. The minimum Gasteiger partial charge on any atom is -0.438 e. The van der Waals surface area contributed by atoms with E-state index in [1.165, 1.54) is 5.56 Å². The number of pyridine rings is 1. The minimum atomic E-state index is -0.224. The van der Waals surface area contributed by atoms with Crippen LogP contribution in [0.5, 0.6) is 11.6 Å². The third-order valence-electron chi connectivity index (χ3n) is 4.94. The maximum atomic E-state index is 12.8. The van der Waals surface area contributed by atoms with Gasteiger partial charge in [-0.1, -0.05) is 48.5 Å². The second kappa shape index (κ2) is 10.0. The Hall–Kier alpha value is -3.22. The highest BCUT2D eigenvalue weighted by Crippen LogP contribution is 2.22. The number of ether oxygens (including phenoxy) is 2. The van der Waals surface area contributed by atoms with Crippen LogP contribution in [0.15, 0.2) is 79.0 Å². The van der Waals surface area contributed by atoms with Crippen LogP contribution in [-0.4, -0.2) is 48.1 Å². The number of amides is 1. The molecule has 1 aromatic heterocycles. The lowest BCUT2D eigenvalue weighted by atomic mass is 10.2. The van der Waals surface area contributed by atoms with Crippen LogP contribution in [0.2, 0.25) is 0 Å². The van der Waals surface area contributed by atoms with E-state index in [1.54, 1.807) is 18.3 Å². The van der Waals surface area contributed by atoms with Gasteiger partial charge in [0.25, 0.3) is 5.91 Å². The van der Waals surface area contributed by atoms with Crippen LogP contribution < -0.4 is 10.1 Å². The van der Waals surface area contributed by atoms with Crippen molar-refractivity contribution in [3.63, 3.8) is 0 Å². The van der Waals surface area contributed by atoms with Crippen molar-refractivity contribution in [1.29, 1.82) is 0 Å². The molecule has 0 spiro atoms. The molecule has 2 aromatic carbocycles. The third kappa shape index (κ3) is 5.43. The van der Waals surface area contributed by atoms with E-state index in [0.29, 0.717) is 24.5 Å². The van der Waals surface area contributed by atoms with E-state index in [9.17, 15) is 4.79 Å². The number of nitrogens with zero attached hydrogens (tertiary/aromatic N) is 2. The van der Waals surface area contributed by atoms with Gasteiger partial charge in [-0.05, 0) is 29.8 Å². The van der Waals surface area contributed by atoms with Gasteiger partial charge < -0.3 is 14.8 Å². The highest BCUT2D eigenvalue weighted by Gasteiger charge is 2.22. The van der Waals surface area contributed by atoms with Crippen LogP contribution in [0.4, 0.5) is 0 Å². The van der Waals surface area contributed by atoms with Crippen LogP contribution in [0.25, 0.3) is 0 Å². The molecule has 1 aliphatic heterocycles. The SMILES string of the molecule is O=C(NCC1CN(Cc2ccccc2)CCO1)c1cccnc1Oc1ccccc1. The molecule has 1 N–H and O–H groups in total. The third-order valence-corrected chi connectivity index (χ3v) is 4.94. The average molecular weight is 403 g/mol. The number of morpholine rings is 1. The molecular weight excluding hydrogens is 378 g/mol. The summed E-state index contributed by atoms with van der Waals surface area (Å²) in [5, 5.41) is 2.97. The summed E-state index contributed by atoms with van der Waals surface area (Å²) in [5.74, 6) is 0.701. The molecule has 6 nitrogen and oxygen atoms in total. The van der Waals surface area contributed by atoms with Gasteiger partial charge in [0.1, 0.15) is 11.3 Å². The van der Waals surface area contributed by atoms with Gasteiger partial charge in [0.05, 0.1) is 12.7 Å². The molecule has 0 bridgehead atoms. The number of carbonyl (C=O) groups is 1. The maximum absolute atomic E-state index is 12.8. The van der Waals surface area contributed by atoms with E-state index >= 15 is 0 Å². The Balaban J connectivity index is 1.33. The van der Waals surface area contributed by atoms with Gasteiger partial charge in [0.15, 0.2) is 0 Å². The molecule has 1 aliphatic rings. The molecule has 30 heavy (non-hydrogen) atoms. The molecule has 1 saturated heterocycles. The van der Waals surface area contributed by atoms with Crippen molar-refractivity contribution in [3.8, 4) is 11.6 Å². The van der Waals surface area contributed by atoms with Gasteiger partial charge >= 0.3 is 0 Å². The molecule has 154 valence electrons. The van der Waals surface area contributed by atoms with Crippen LogP contribution in [0.1, 0.15) is 15.9 Å². The predicted molar refractivity (Wildman–Crippen MR) is 115 cm³/mol. The van der Waals surface area contributed by atoms with E-state index in [4.69, 9.17) is 9.47 Å². The lowest BCUT2D eigenvalue weighted by molar-refractivity contribution is -0.0292. The van der Waals surface area contributed by atoms with E-state index < -0.39 is 0 Å². The summed E-state index contributed by atoms with van der Waals surface area (Å²) in [6.07, 6.45) is 1.56. The van der Waals surface area contributed by atoms with Crippen LogP contribution in [0, 0.1) is 0 Å². The van der Waals surface area contributed by atoms with E-state index in [0.717, 1.165) is 19.6 Å². The number of para-hydroxylation sites is 1. The van der Waals surface area contributed by atoms with E-state index in [-0.39, 0.29) is 17.9 Å². The summed E-state index contributed by atoms with van der Waals surface area (Å²) in [5.41, 5.74) is 1.68. The molecular formula is C24H25N3O3. The number of benzene rings is 2. The first kappa shape index (κ1) is 20.1. The van der Waals surface area contributed by atoms with E-state index in [2.05, 4.69) is 39.5 Å². The zero-order valence-corrected chi connectivity index (χ0v) is 16.7. The Labute approximate surface area is 176 Å². The van der Waals surface area contributed by atoms with Gasteiger partial charge in [-0.3, -0.25) is 9.69 Å². The highest BCUT2D eigenvalue weighted by atomic mass is 16.5.